The summed E-state index contributed by atoms with van der Waals surface area (Å²) in [5, 5.41) is 16.1. The van der Waals surface area contributed by atoms with Crippen molar-refractivity contribution in [3.63, 3.8) is 0 Å². The van der Waals surface area contributed by atoms with Gasteiger partial charge >= 0.3 is 0 Å². The van der Waals surface area contributed by atoms with E-state index in [1.807, 2.05) is 0 Å². The quantitative estimate of drug-likeness (QED) is 0.623. The van der Waals surface area contributed by atoms with Crippen molar-refractivity contribution < 1.29 is 10.2 Å². The van der Waals surface area contributed by atoms with Crippen LogP contribution < -0.4 is 0 Å². The largest absolute Gasteiger partial charge is 0.396 e. The van der Waals surface area contributed by atoms with Gasteiger partial charge in [-0.1, -0.05) is 26.7 Å². The summed E-state index contributed by atoms with van der Waals surface area (Å²) in [5.41, 5.74) is 0. The van der Waals surface area contributed by atoms with E-state index >= 15 is 0 Å². The standard InChI is InChI=1S/2C4H10O.Na/c2*1-2-3-4-5;/h2*5H,2-4H2,1H3;. The zero-order valence-corrected chi connectivity index (χ0v) is 10.1. The summed E-state index contributed by atoms with van der Waals surface area (Å²) >= 11 is 0. The zero-order chi connectivity index (χ0) is 8.24. The maximum absolute atomic E-state index is 8.07. The molecule has 2 N–H and O–H groups in total. The average molecular weight is 171 g/mol. The Labute approximate surface area is 92.3 Å². The van der Waals surface area contributed by atoms with Crippen LogP contribution in [-0.4, -0.2) is 53.0 Å². The van der Waals surface area contributed by atoms with Crippen molar-refractivity contribution in [3.05, 3.63) is 0 Å². The third-order valence-corrected chi connectivity index (χ3v) is 1.02. The molecular formula is C8H20NaO2. The smallest absolute Gasteiger partial charge is 0.0430 e. The minimum absolute atomic E-state index is 0. The van der Waals surface area contributed by atoms with Gasteiger partial charge in [0.25, 0.3) is 0 Å². The molecule has 0 rings (SSSR count). The van der Waals surface area contributed by atoms with Crippen LogP contribution in [-0.2, 0) is 0 Å². The summed E-state index contributed by atoms with van der Waals surface area (Å²) in [6.07, 6.45) is 4.08. The Hall–Kier alpha value is 0.920. The van der Waals surface area contributed by atoms with Gasteiger partial charge in [-0.05, 0) is 12.8 Å². The first-order chi connectivity index (χ1) is 4.83. The van der Waals surface area contributed by atoms with Gasteiger partial charge in [-0.3, -0.25) is 0 Å². The Bertz CT molecular complexity index is 33.1. The van der Waals surface area contributed by atoms with Crippen molar-refractivity contribution in [2.75, 3.05) is 13.2 Å². The molecule has 0 heterocycles. The normalized spacial score (nSPS) is 7.64. The topological polar surface area (TPSA) is 40.5 Å². The van der Waals surface area contributed by atoms with Gasteiger partial charge in [-0.25, -0.2) is 0 Å². The van der Waals surface area contributed by atoms with Gasteiger partial charge < -0.3 is 10.2 Å². The maximum atomic E-state index is 8.07. The molecule has 0 spiro atoms. The second kappa shape index (κ2) is 22.4. The van der Waals surface area contributed by atoms with Crippen LogP contribution in [0.15, 0.2) is 0 Å². The number of aliphatic hydroxyl groups is 2. The van der Waals surface area contributed by atoms with Crippen molar-refractivity contribution >= 4 is 29.6 Å². The molecule has 0 saturated heterocycles. The van der Waals surface area contributed by atoms with E-state index in [4.69, 9.17) is 10.2 Å². The van der Waals surface area contributed by atoms with Crippen LogP contribution in [0.25, 0.3) is 0 Å². The van der Waals surface area contributed by atoms with Crippen LogP contribution in [0.5, 0.6) is 0 Å². The first kappa shape index (κ1) is 17.9. The van der Waals surface area contributed by atoms with Crippen LogP contribution >= 0.6 is 0 Å². The fourth-order valence-electron chi connectivity index (χ4n) is 0.316. The van der Waals surface area contributed by atoms with Crippen LogP contribution in [0.4, 0.5) is 0 Å². The number of hydrogen-bond acceptors (Lipinski definition) is 2. The van der Waals surface area contributed by atoms with E-state index < -0.39 is 0 Å². The summed E-state index contributed by atoms with van der Waals surface area (Å²) < 4.78 is 0. The van der Waals surface area contributed by atoms with E-state index in [1.165, 1.54) is 0 Å². The Balaban J connectivity index is -0.000000107. The van der Waals surface area contributed by atoms with Gasteiger partial charge in [0.2, 0.25) is 0 Å². The molecule has 0 bridgehead atoms. The van der Waals surface area contributed by atoms with E-state index in [9.17, 15) is 0 Å². The third-order valence-electron chi connectivity index (χ3n) is 1.02. The third kappa shape index (κ3) is 35.9. The second-order valence-electron chi connectivity index (χ2n) is 2.15. The molecule has 0 fully saturated rings. The summed E-state index contributed by atoms with van der Waals surface area (Å²) in [6, 6.07) is 0. The fraction of sp³-hybridized carbons (Fsp3) is 1.00. The molecule has 65 valence electrons. The van der Waals surface area contributed by atoms with Crippen molar-refractivity contribution in [1.82, 2.24) is 0 Å². The maximum Gasteiger partial charge on any atom is 0.0430 e. The minimum Gasteiger partial charge on any atom is -0.396 e. The molecule has 0 aromatic rings. The van der Waals surface area contributed by atoms with Crippen molar-refractivity contribution in [2.45, 2.75) is 39.5 Å². The molecule has 0 aliphatic carbocycles. The summed E-state index contributed by atoms with van der Waals surface area (Å²) in [7, 11) is 0. The molecule has 2 nitrogen and oxygen atoms in total. The van der Waals surface area contributed by atoms with Crippen LogP contribution in [0.1, 0.15) is 39.5 Å². The summed E-state index contributed by atoms with van der Waals surface area (Å²) in [6.45, 7) is 4.79. The summed E-state index contributed by atoms with van der Waals surface area (Å²) in [5.74, 6) is 0. The molecule has 0 atom stereocenters. The molecule has 0 aromatic carbocycles. The van der Waals surface area contributed by atoms with Gasteiger partial charge in [0, 0.05) is 42.8 Å². The summed E-state index contributed by atoms with van der Waals surface area (Å²) in [4.78, 5) is 0. The second-order valence-corrected chi connectivity index (χ2v) is 2.15. The van der Waals surface area contributed by atoms with E-state index in [2.05, 4.69) is 13.8 Å². The zero-order valence-electron chi connectivity index (χ0n) is 8.14. The van der Waals surface area contributed by atoms with Crippen LogP contribution in [0.2, 0.25) is 0 Å². The molecular weight excluding hydrogens is 151 g/mol. The monoisotopic (exact) mass is 171 g/mol. The Morgan fingerprint density at radius 1 is 0.818 bits per heavy atom. The van der Waals surface area contributed by atoms with E-state index in [1.54, 1.807) is 0 Å². The molecule has 0 aliphatic heterocycles. The predicted molar refractivity (Wildman–Crippen MR) is 49.7 cm³/mol. The van der Waals surface area contributed by atoms with Gasteiger partial charge in [-0.15, -0.1) is 0 Å². The SMILES string of the molecule is CCCCO.CCCCO.[Na]. The molecule has 0 aromatic heterocycles. The predicted octanol–water partition coefficient (Wildman–Crippen LogP) is 1.18. The number of hydrogen-bond donors (Lipinski definition) is 2. The first-order valence-electron chi connectivity index (χ1n) is 4.05. The molecule has 0 unspecified atom stereocenters. The van der Waals surface area contributed by atoms with Crippen molar-refractivity contribution in [1.29, 1.82) is 0 Å². The number of aliphatic hydroxyl groups excluding tert-OH is 2. The molecule has 0 saturated carbocycles. The fourth-order valence-corrected chi connectivity index (χ4v) is 0.316. The molecule has 0 amide bonds. The minimum atomic E-state index is 0. The van der Waals surface area contributed by atoms with E-state index in [-0.39, 0.29) is 29.6 Å². The van der Waals surface area contributed by atoms with Gasteiger partial charge in [0.15, 0.2) is 0 Å². The van der Waals surface area contributed by atoms with E-state index in [0.29, 0.717) is 13.2 Å². The first-order valence-corrected chi connectivity index (χ1v) is 4.05. The van der Waals surface area contributed by atoms with Crippen LogP contribution in [0, 0.1) is 0 Å². The van der Waals surface area contributed by atoms with E-state index in [0.717, 1.165) is 25.7 Å². The molecule has 0 aliphatic rings. The number of rotatable bonds is 4. The number of unbranched alkanes of at least 4 members (excludes halogenated alkanes) is 2. The van der Waals surface area contributed by atoms with Crippen LogP contribution in [0.3, 0.4) is 0 Å². The van der Waals surface area contributed by atoms with Gasteiger partial charge in [0.1, 0.15) is 0 Å². The van der Waals surface area contributed by atoms with Crippen molar-refractivity contribution in [2.24, 2.45) is 0 Å². The van der Waals surface area contributed by atoms with Gasteiger partial charge in [0.05, 0.1) is 0 Å². The average Bonchev–Trinajstić information content (AvgIpc) is 1.93. The molecule has 1 radical (unpaired) electrons. The Morgan fingerprint density at radius 2 is 1.09 bits per heavy atom. The molecule has 11 heavy (non-hydrogen) atoms. The Morgan fingerprint density at radius 3 is 1.09 bits per heavy atom. The molecule has 3 heteroatoms. The van der Waals surface area contributed by atoms with Crippen molar-refractivity contribution in [3.8, 4) is 0 Å². The van der Waals surface area contributed by atoms with Gasteiger partial charge in [-0.2, -0.15) is 0 Å². The Kier molecular flexibility index (Phi) is 36.4.